The van der Waals surface area contributed by atoms with Crippen molar-refractivity contribution < 1.29 is 14.6 Å². The number of phenols is 1. The van der Waals surface area contributed by atoms with E-state index in [2.05, 4.69) is 15.6 Å². The number of anilines is 1. The smallest absolute Gasteiger partial charge is 0.162 e. The molecule has 1 aromatic heterocycles. The molecule has 3 aromatic carbocycles. The van der Waals surface area contributed by atoms with Crippen molar-refractivity contribution in [3.63, 3.8) is 0 Å². The number of aromatic hydroxyl groups is 1. The molecule has 0 aliphatic heterocycles. The van der Waals surface area contributed by atoms with Crippen LogP contribution in [0, 0.1) is 0 Å². The van der Waals surface area contributed by atoms with E-state index < -0.39 is 0 Å². The third-order valence-corrected chi connectivity index (χ3v) is 5.48. The molecule has 1 heterocycles. The topological polar surface area (TPSA) is 75.6 Å². The number of nitrogens with one attached hydrogen (secondary N) is 2. The van der Waals surface area contributed by atoms with Gasteiger partial charge in [-0.2, -0.15) is 0 Å². The quantitative estimate of drug-likeness (QED) is 0.251. The Kier molecular flexibility index (Phi) is 7.50. The van der Waals surface area contributed by atoms with Crippen LogP contribution in [0.25, 0.3) is 10.9 Å². The summed E-state index contributed by atoms with van der Waals surface area (Å²) in [6.45, 7) is 2.20. The van der Waals surface area contributed by atoms with Crippen molar-refractivity contribution in [1.29, 1.82) is 0 Å². The number of hydrogen-bond donors (Lipinski definition) is 3. The van der Waals surface area contributed by atoms with Crippen molar-refractivity contribution >= 4 is 28.2 Å². The largest absolute Gasteiger partial charge is 0.504 e. The zero-order valence-electron chi connectivity index (χ0n) is 18.3. The monoisotopic (exact) mass is 463 g/mol. The second-order valence-electron chi connectivity index (χ2n) is 7.52. The van der Waals surface area contributed by atoms with Crippen LogP contribution in [0.4, 0.5) is 5.69 Å². The molecule has 0 atom stereocenters. The van der Waals surface area contributed by atoms with Crippen molar-refractivity contribution in [2.45, 2.75) is 13.0 Å². The number of aromatic nitrogens is 1. The zero-order valence-corrected chi connectivity index (χ0v) is 19.1. The van der Waals surface area contributed by atoms with Crippen LogP contribution >= 0.6 is 11.6 Å². The van der Waals surface area contributed by atoms with Crippen molar-refractivity contribution in [3.05, 3.63) is 83.5 Å². The minimum absolute atomic E-state index is 0.188. The first kappa shape index (κ1) is 22.7. The highest BCUT2D eigenvalue weighted by molar-refractivity contribution is 6.30. The Morgan fingerprint density at radius 3 is 2.61 bits per heavy atom. The summed E-state index contributed by atoms with van der Waals surface area (Å²) in [4.78, 5) is 4.48. The fraction of sp³-hybridized carbons (Fsp3) is 0.192. The molecule has 4 rings (SSSR count). The first-order chi connectivity index (χ1) is 16.1. The van der Waals surface area contributed by atoms with Gasteiger partial charge >= 0.3 is 0 Å². The van der Waals surface area contributed by atoms with Crippen molar-refractivity contribution in [2.24, 2.45) is 0 Å². The lowest BCUT2D eigenvalue weighted by Crippen LogP contribution is -2.17. The molecular weight excluding hydrogens is 438 g/mol. The van der Waals surface area contributed by atoms with Gasteiger partial charge in [-0.3, -0.25) is 4.98 Å². The fourth-order valence-corrected chi connectivity index (χ4v) is 3.64. The van der Waals surface area contributed by atoms with Crippen LogP contribution in [0.2, 0.25) is 5.02 Å². The van der Waals surface area contributed by atoms with E-state index in [1.807, 2.05) is 48.5 Å². The molecule has 0 aliphatic carbocycles. The lowest BCUT2D eigenvalue weighted by molar-refractivity contribution is 0.369. The van der Waals surface area contributed by atoms with Gasteiger partial charge in [0.05, 0.1) is 12.6 Å². The number of pyridine rings is 1. The van der Waals surface area contributed by atoms with E-state index in [1.165, 1.54) is 0 Å². The summed E-state index contributed by atoms with van der Waals surface area (Å²) in [5.41, 5.74) is 2.71. The SMILES string of the molecule is COc1cccc(CNCCCNc2ccnc3cc(Oc4ccc(Cl)cc4)ccc23)c1O. The minimum atomic E-state index is 0.188. The number of hydrogen-bond acceptors (Lipinski definition) is 6. The molecule has 170 valence electrons. The van der Waals surface area contributed by atoms with Gasteiger partial charge < -0.3 is 25.2 Å². The summed E-state index contributed by atoms with van der Waals surface area (Å²) in [5.74, 6) is 2.12. The first-order valence-corrected chi connectivity index (χ1v) is 11.1. The van der Waals surface area contributed by atoms with Gasteiger partial charge in [-0.15, -0.1) is 0 Å². The summed E-state index contributed by atoms with van der Waals surface area (Å²) in [6, 6.07) is 20.6. The van der Waals surface area contributed by atoms with Gasteiger partial charge in [0.25, 0.3) is 0 Å². The van der Waals surface area contributed by atoms with Gasteiger partial charge in [-0.05, 0) is 61.5 Å². The first-order valence-electron chi connectivity index (χ1n) is 10.8. The number of rotatable bonds is 10. The van der Waals surface area contributed by atoms with Crippen LogP contribution < -0.4 is 20.1 Å². The number of halogens is 1. The van der Waals surface area contributed by atoms with Crippen molar-refractivity contribution in [2.75, 3.05) is 25.5 Å². The standard InChI is InChI=1S/C26H26ClN3O3/c1-32-25-5-2-4-18(26(25)31)17-28-13-3-14-29-23-12-15-30-24-16-21(10-11-22(23)24)33-20-8-6-19(27)7-9-20/h2,4-12,15-16,28,31H,3,13-14,17H2,1H3,(H,29,30). The highest BCUT2D eigenvalue weighted by Crippen LogP contribution is 2.30. The Morgan fingerprint density at radius 2 is 1.79 bits per heavy atom. The third kappa shape index (κ3) is 5.86. The van der Waals surface area contributed by atoms with Crippen LogP contribution in [0.15, 0.2) is 72.9 Å². The predicted octanol–water partition coefficient (Wildman–Crippen LogP) is 5.99. The molecule has 33 heavy (non-hydrogen) atoms. The van der Waals surface area contributed by atoms with Gasteiger partial charge in [0.2, 0.25) is 0 Å². The number of para-hydroxylation sites is 1. The zero-order chi connectivity index (χ0) is 23.0. The molecule has 0 spiro atoms. The molecule has 0 aliphatic rings. The minimum Gasteiger partial charge on any atom is -0.504 e. The van der Waals surface area contributed by atoms with E-state index in [4.69, 9.17) is 21.1 Å². The number of benzene rings is 3. The van der Waals surface area contributed by atoms with E-state index in [0.717, 1.165) is 53.2 Å². The highest BCUT2D eigenvalue weighted by Gasteiger charge is 2.07. The number of methoxy groups -OCH3 is 1. The van der Waals surface area contributed by atoms with Gasteiger partial charge in [0, 0.05) is 47.0 Å². The Bertz CT molecular complexity index is 1220. The second kappa shape index (κ2) is 10.9. The van der Waals surface area contributed by atoms with E-state index in [9.17, 15) is 5.11 Å². The number of ether oxygens (including phenoxy) is 2. The fourth-order valence-electron chi connectivity index (χ4n) is 3.52. The molecule has 0 saturated heterocycles. The maximum absolute atomic E-state index is 10.2. The number of phenolic OH excluding ortho intramolecular Hbond substituents is 1. The molecule has 4 aromatic rings. The van der Waals surface area contributed by atoms with Gasteiger partial charge in [-0.1, -0.05) is 23.7 Å². The lowest BCUT2D eigenvalue weighted by Gasteiger charge is -2.12. The Hall–Kier alpha value is -3.48. The molecule has 0 amide bonds. The second-order valence-corrected chi connectivity index (χ2v) is 7.95. The average molecular weight is 464 g/mol. The van der Waals surface area contributed by atoms with Crippen LogP contribution in [0.1, 0.15) is 12.0 Å². The van der Waals surface area contributed by atoms with Crippen LogP contribution in [-0.2, 0) is 6.54 Å². The Balaban J connectivity index is 1.29. The number of fused-ring (bicyclic) bond motifs is 1. The van der Waals surface area contributed by atoms with E-state index >= 15 is 0 Å². The van der Waals surface area contributed by atoms with Crippen LogP contribution in [-0.4, -0.2) is 30.3 Å². The molecule has 6 nitrogen and oxygen atoms in total. The summed E-state index contributed by atoms with van der Waals surface area (Å²) in [5, 5.41) is 18.7. The van der Waals surface area contributed by atoms with E-state index in [0.29, 0.717) is 17.3 Å². The van der Waals surface area contributed by atoms with Gasteiger partial charge in [-0.25, -0.2) is 0 Å². The van der Waals surface area contributed by atoms with Crippen LogP contribution in [0.5, 0.6) is 23.0 Å². The normalized spacial score (nSPS) is 10.8. The number of nitrogens with zero attached hydrogens (tertiary/aromatic N) is 1. The van der Waals surface area contributed by atoms with Crippen molar-refractivity contribution in [3.8, 4) is 23.0 Å². The predicted molar refractivity (Wildman–Crippen MR) is 133 cm³/mol. The molecule has 0 saturated carbocycles. The Morgan fingerprint density at radius 1 is 0.970 bits per heavy atom. The molecule has 7 heteroatoms. The molecule has 0 bridgehead atoms. The van der Waals surface area contributed by atoms with Crippen molar-refractivity contribution in [1.82, 2.24) is 10.3 Å². The summed E-state index contributed by atoms with van der Waals surface area (Å²) in [6.07, 6.45) is 2.72. The molecule has 3 N–H and O–H groups in total. The highest BCUT2D eigenvalue weighted by atomic mass is 35.5. The average Bonchev–Trinajstić information content (AvgIpc) is 2.83. The molecule has 0 fully saturated rings. The van der Waals surface area contributed by atoms with E-state index in [-0.39, 0.29) is 5.75 Å². The van der Waals surface area contributed by atoms with Gasteiger partial charge in [0.1, 0.15) is 11.5 Å². The Labute approximate surface area is 198 Å². The molecule has 0 unspecified atom stereocenters. The maximum Gasteiger partial charge on any atom is 0.162 e. The third-order valence-electron chi connectivity index (χ3n) is 5.23. The summed E-state index contributed by atoms with van der Waals surface area (Å²) < 4.78 is 11.1. The summed E-state index contributed by atoms with van der Waals surface area (Å²) in [7, 11) is 1.55. The van der Waals surface area contributed by atoms with Gasteiger partial charge in [0.15, 0.2) is 11.5 Å². The molecular formula is C26H26ClN3O3. The summed E-state index contributed by atoms with van der Waals surface area (Å²) >= 11 is 5.93. The van der Waals surface area contributed by atoms with E-state index in [1.54, 1.807) is 31.5 Å². The van der Waals surface area contributed by atoms with Crippen LogP contribution in [0.3, 0.4) is 0 Å². The lowest BCUT2D eigenvalue weighted by atomic mass is 10.1. The maximum atomic E-state index is 10.2. The molecule has 0 radical (unpaired) electrons.